The van der Waals surface area contributed by atoms with Gasteiger partial charge in [-0.2, -0.15) is 0 Å². The van der Waals surface area contributed by atoms with Gasteiger partial charge in [0, 0.05) is 31.5 Å². The zero-order valence-electron chi connectivity index (χ0n) is 16.0. The van der Waals surface area contributed by atoms with Crippen LogP contribution in [-0.4, -0.2) is 50.3 Å². The molecule has 0 spiro atoms. The van der Waals surface area contributed by atoms with Crippen molar-refractivity contribution in [1.82, 2.24) is 5.32 Å². The van der Waals surface area contributed by atoms with E-state index in [9.17, 15) is 19.5 Å². The second-order valence-corrected chi connectivity index (χ2v) is 6.38. The van der Waals surface area contributed by atoms with Crippen LogP contribution in [0.3, 0.4) is 0 Å². The number of urea groups is 1. The van der Waals surface area contributed by atoms with Gasteiger partial charge in [0.15, 0.2) is 0 Å². The van der Waals surface area contributed by atoms with Gasteiger partial charge in [-0.25, -0.2) is 9.59 Å². The van der Waals surface area contributed by atoms with Crippen LogP contribution in [-0.2, 0) is 11.3 Å². The summed E-state index contributed by atoms with van der Waals surface area (Å²) in [6.45, 7) is 1.17. The molecule has 2 aromatic rings. The number of ether oxygens (including phenoxy) is 2. The fourth-order valence-corrected chi connectivity index (χ4v) is 3.08. The van der Waals surface area contributed by atoms with Crippen molar-refractivity contribution in [2.24, 2.45) is 0 Å². The lowest BCUT2D eigenvalue weighted by Crippen LogP contribution is -2.28. The van der Waals surface area contributed by atoms with Crippen molar-refractivity contribution in [1.29, 1.82) is 0 Å². The monoisotopic (exact) mass is 399 g/mol. The fourth-order valence-electron chi connectivity index (χ4n) is 3.08. The molecule has 0 unspecified atom stereocenters. The number of amides is 3. The van der Waals surface area contributed by atoms with E-state index >= 15 is 0 Å². The number of methoxy groups -OCH3 is 2. The van der Waals surface area contributed by atoms with Crippen molar-refractivity contribution >= 4 is 29.3 Å². The lowest BCUT2D eigenvalue weighted by Gasteiger charge is -2.18. The van der Waals surface area contributed by atoms with Crippen molar-refractivity contribution < 1.29 is 29.0 Å². The smallest absolute Gasteiger partial charge is 0.335 e. The van der Waals surface area contributed by atoms with Crippen molar-refractivity contribution in [2.45, 2.75) is 6.61 Å². The van der Waals surface area contributed by atoms with E-state index in [0.29, 0.717) is 41.3 Å². The molecule has 0 saturated carbocycles. The Bertz CT molecular complexity index is 959. The summed E-state index contributed by atoms with van der Waals surface area (Å²) in [5.41, 5.74) is 1.77. The first-order valence-corrected chi connectivity index (χ1v) is 8.84. The van der Waals surface area contributed by atoms with Crippen molar-refractivity contribution in [2.75, 3.05) is 37.5 Å². The molecule has 0 radical (unpaired) electrons. The molecule has 3 rings (SSSR count). The summed E-state index contributed by atoms with van der Waals surface area (Å²) in [5, 5.41) is 14.7. The highest BCUT2D eigenvalue weighted by Crippen LogP contribution is 2.31. The molecule has 1 aliphatic rings. The second kappa shape index (κ2) is 8.61. The summed E-state index contributed by atoms with van der Waals surface area (Å²) < 4.78 is 10.4. The number of nitrogens with zero attached hydrogens (tertiary/aromatic N) is 1. The first-order valence-electron chi connectivity index (χ1n) is 8.84. The van der Waals surface area contributed by atoms with Gasteiger partial charge in [0.25, 0.3) is 5.91 Å². The zero-order chi connectivity index (χ0) is 21.0. The van der Waals surface area contributed by atoms with Gasteiger partial charge in [0.05, 0.1) is 25.0 Å². The Kier molecular flexibility index (Phi) is 5.99. The minimum Gasteiger partial charge on any atom is -0.495 e. The Morgan fingerprint density at radius 2 is 1.97 bits per heavy atom. The van der Waals surface area contributed by atoms with Crippen LogP contribution in [0.2, 0.25) is 0 Å². The molecular weight excluding hydrogens is 378 g/mol. The number of carboxylic acids is 1. The SMILES string of the molecule is COCc1cc(NC(=O)c2ccc(OC)c(N3CCNC3=O)c2)cc(C(=O)O)c1. The molecule has 0 atom stereocenters. The Labute approximate surface area is 167 Å². The molecule has 9 heteroatoms. The lowest BCUT2D eigenvalue weighted by atomic mass is 10.1. The number of carboxylic acid groups (broad SMARTS) is 1. The standard InChI is InChI=1S/C20H21N3O6/c1-28-11-12-7-14(19(25)26)9-15(8-12)22-18(24)13-3-4-17(29-2)16(10-13)23-6-5-21-20(23)27/h3-4,7-10H,5-6,11H2,1-2H3,(H,21,27)(H,22,24)(H,25,26). The highest BCUT2D eigenvalue weighted by atomic mass is 16.5. The van der Waals surface area contributed by atoms with E-state index in [1.807, 2.05) is 0 Å². The van der Waals surface area contributed by atoms with Crippen LogP contribution in [0.4, 0.5) is 16.2 Å². The Hall–Kier alpha value is -3.59. The van der Waals surface area contributed by atoms with Crippen LogP contribution in [0, 0.1) is 0 Å². The third-order valence-corrected chi connectivity index (χ3v) is 4.40. The molecule has 1 aliphatic heterocycles. The van der Waals surface area contributed by atoms with E-state index in [1.54, 1.807) is 24.3 Å². The molecule has 9 nitrogen and oxygen atoms in total. The number of hydrogen-bond acceptors (Lipinski definition) is 5. The maximum atomic E-state index is 12.8. The van der Waals surface area contributed by atoms with Crippen LogP contribution < -0.4 is 20.3 Å². The average Bonchev–Trinajstić information content (AvgIpc) is 3.13. The Morgan fingerprint density at radius 1 is 1.17 bits per heavy atom. The maximum Gasteiger partial charge on any atom is 0.335 e. The number of aromatic carboxylic acids is 1. The summed E-state index contributed by atoms with van der Waals surface area (Å²) in [4.78, 5) is 37.6. The Balaban J connectivity index is 1.89. The van der Waals surface area contributed by atoms with Gasteiger partial charge < -0.3 is 25.2 Å². The van der Waals surface area contributed by atoms with Gasteiger partial charge >= 0.3 is 12.0 Å². The predicted molar refractivity (Wildman–Crippen MR) is 106 cm³/mol. The van der Waals surface area contributed by atoms with Crippen molar-refractivity contribution in [3.05, 3.63) is 53.1 Å². The largest absolute Gasteiger partial charge is 0.495 e. The number of rotatable bonds is 7. The summed E-state index contributed by atoms with van der Waals surface area (Å²) in [6, 6.07) is 8.99. The molecule has 0 aliphatic carbocycles. The number of hydrogen-bond donors (Lipinski definition) is 3. The van der Waals surface area contributed by atoms with E-state index in [0.717, 1.165) is 0 Å². The average molecular weight is 399 g/mol. The third kappa shape index (κ3) is 4.46. The molecule has 1 fully saturated rings. The molecule has 1 saturated heterocycles. The summed E-state index contributed by atoms with van der Waals surface area (Å²) >= 11 is 0. The summed E-state index contributed by atoms with van der Waals surface area (Å²) in [5.74, 6) is -1.08. The third-order valence-electron chi connectivity index (χ3n) is 4.40. The molecule has 1 heterocycles. The van der Waals surface area contributed by atoms with E-state index in [4.69, 9.17) is 9.47 Å². The predicted octanol–water partition coefficient (Wildman–Crippen LogP) is 2.32. The second-order valence-electron chi connectivity index (χ2n) is 6.38. The molecular formula is C20H21N3O6. The first-order chi connectivity index (χ1) is 13.9. The molecule has 2 aromatic carbocycles. The fraction of sp³-hybridized carbons (Fsp3) is 0.250. The van der Waals surface area contributed by atoms with E-state index < -0.39 is 11.9 Å². The highest BCUT2D eigenvalue weighted by molar-refractivity contribution is 6.06. The van der Waals surface area contributed by atoms with Gasteiger partial charge in [-0.15, -0.1) is 0 Å². The van der Waals surface area contributed by atoms with Gasteiger partial charge in [0.2, 0.25) is 0 Å². The van der Waals surface area contributed by atoms with Gasteiger partial charge in [-0.1, -0.05) is 0 Å². The van der Waals surface area contributed by atoms with Crippen molar-refractivity contribution in [3.8, 4) is 5.75 Å². The zero-order valence-corrected chi connectivity index (χ0v) is 16.0. The number of carbonyl (C=O) groups excluding carboxylic acids is 2. The van der Waals surface area contributed by atoms with Crippen LogP contribution in [0.5, 0.6) is 5.75 Å². The Morgan fingerprint density at radius 3 is 2.59 bits per heavy atom. The van der Waals surface area contributed by atoms with Crippen molar-refractivity contribution in [3.63, 3.8) is 0 Å². The molecule has 0 bridgehead atoms. The molecule has 0 aromatic heterocycles. The normalized spacial score (nSPS) is 13.2. The minimum absolute atomic E-state index is 0.0407. The van der Waals surface area contributed by atoms with Gasteiger partial charge in [-0.3, -0.25) is 9.69 Å². The molecule has 29 heavy (non-hydrogen) atoms. The molecule has 3 amide bonds. The topological polar surface area (TPSA) is 117 Å². The summed E-state index contributed by atoms with van der Waals surface area (Å²) in [7, 11) is 2.99. The van der Waals surface area contributed by atoms with E-state index in [2.05, 4.69) is 10.6 Å². The highest BCUT2D eigenvalue weighted by Gasteiger charge is 2.25. The first kappa shape index (κ1) is 20.2. The summed E-state index contributed by atoms with van der Waals surface area (Å²) in [6.07, 6.45) is 0. The minimum atomic E-state index is -1.11. The number of benzene rings is 2. The number of anilines is 2. The number of nitrogens with one attached hydrogen (secondary N) is 2. The maximum absolute atomic E-state index is 12.8. The quantitative estimate of drug-likeness (QED) is 0.658. The van der Waals surface area contributed by atoms with E-state index in [-0.39, 0.29) is 18.2 Å². The van der Waals surface area contributed by atoms with Crippen LogP contribution in [0.25, 0.3) is 0 Å². The molecule has 152 valence electrons. The van der Waals surface area contributed by atoms with E-state index in [1.165, 1.54) is 31.3 Å². The lowest BCUT2D eigenvalue weighted by molar-refractivity contribution is 0.0696. The van der Waals surface area contributed by atoms with Gasteiger partial charge in [-0.05, 0) is 42.0 Å². The van der Waals surface area contributed by atoms with Crippen LogP contribution >= 0.6 is 0 Å². The van der Waals surface area contributed by atoms with Gasteiger partial charge in [0.1, 0.15) is 5.75 Å². The van der Waals surface area contributed by atoms with Crippen LogP contribution in [0.15, 0.2) is 36.4 Å². The van der Waals surface area contributed by atoms with Crippen LogP contribution in [0.1, 0.15) is 26.3 Å². The number of carbonyl (C=O) groups is 3. The molecule has 3 N–H and O–H groups in total.